The standard InChI is InChI=1S/C13H22N2O3S/c1-12-6-3-4-7-13(12)19(16,17)15(9-5-8-14)10-11-18-2/h3-4,6-7H,5,8-11,14H2,1-2H3. The minimum atomic E-state index is -3.48. The van der Waals surface area contributed by atoms with E-state index < -0.39 is 10.0 Å². The van der Waals surface area contributed by atoms with Crippen LogP contribution in [0.1, 0.15) is 12.0 Å². The Morgan fingerprint density at radius 3 is 2.53 bits per heavy atom. The average molecular weight is 286 g/mol. The van der Waals surface area contributed by atoms with Gasteiger partial charge >= 0.3 is 0 Å². The van der Waals surface area contributed by atoms with Crippen molar-refractivity contribution < 1.29 is 13.2 Å². The molecule has 19 heavy (non-hydrogen) atoms. The fraction of sp³-hybridized carbons (Fsp3) is 0.538. The predicted octanol–water partition coefficient (Wildman–Crippen LogP) is 0.981. The molecule has 5 nitrogen and oxygen atoms in total. The lowest BCUT2D eigenvalue weighted by atomic mass is 10.2. The summed E-state index contributed by atoms with van der Waals surface area (Å²) in [5, 5.41) is 0. The smallest absolute Gasteiger partial charge is 0.243 e. The third-order valence-electron chi connectivity index (χ3n) is 2.87. The second-order valence-electron chi connectivity index (χ2n) is 4.30. The summed E-state index contributed by atoms with van der Waals surface area (Å²) in [6, 6.07) is 6.99. The molecule has 1 aromatic rings. The first-order valence-electron chi connectivity index (χ1n) is 6.29. The number of benzene rings is 1. The Morgan fingerprint density at radius 1 is 1.26 bits per heavy atom. The molecule has 1 aromatic carbocycles. The highest BCUT2D eigenvalue weighted by Crippen LogP contribution is 2.19. The lowest BCUT2D eigenvalue weighted by Gasteiger charge is -2.22. The number of nitrogens with zero attached hydrogens (tertiary/aromatic N) is 1. The normalized spacial score (nSPS) is 12.0. The minimum Gasteiger partial charge on any atom is -0.383 e. The second-order valence-corrected chi connectivity index (χ2v) is 6.21. The summed E-state index contributed by atoms with van der Waals surface area (Å²) in [7, 11) is -1.92. The van der Waals surface area contributed by atoms with E-state index in [9.17, 15) is 8.42 Å². The first-order valence-corrected chi connectivity index (χ1v) is 7.73. The van der Waals surface area contributed by atoms with Crippen molar-refractivity contribution in [3.63, 3.8) is 0 Å². The molecule has 0 aliphatic heterocycles. The topological polar surface area (TPSA) is 72.6 Å². The molecule has 0 unspecified atom stereocenters. The van der Waals surface area contributed by atoms with E-state index in [1.165, 1.54) is 4.31 Å². The molecule has 0 atom stereocenters. The lowest BCUT2D eigenvalue weighted by Crippen LogP contribution is -2.36. The molecule has 0 aromatic heterocycles. The number of hydrogen-bond donors (Lipinski definition) is 1. The highest BCUT2D eigenvalue weighted by Gasteiger charge is 2.24. The fourth-order valence-electron chi connectivity index (χ4n) is 1.80. The van der Waals surface area contributed by atoms with E-state index in [4.69, 9.17) is 10.5 Å². The number of sulfonamides is 1. The SMILES string of the molecule is COCCN(CCCN)S(=O)(=O)c1ccccc1C. The van der Waals surface area contributed by atoms with Crippen molar-refractivity contribution in [1.29, 1.82) is 0 Å². The van der Waals surface area contributed by atoms with Gasteiger partial charge in [-0.15, -0.1) is 0 Å². The first-order chi connectivity index (χ1) is 9.04. The van der Waals surface area contributed by atoms with Crippen molar-refractivity contribution in [3.8, 4) is 0 Å². The molecule has 0 aliphatic carbocycles. The molecule has 0 spiro atoms. The molecular formula is C13H22N2O3S. The van der Waals surface area contributed by atoms with Gasteiger partial charge in [0.05, 0.1) is 11.5 Å². The molecule has 0 fully saturated rings. The van der Waals surface area contributed by atoms with Crippen molar-refractivity contribution in [3.05, 3.63) is 29.8 Å². The van der Waals surface area contributed by atoms with Gasteiger partial charge in [-0.3, -0.25) is 0 Å². The zero-order valence-corrected chi connectivity index (χ0v) is 12.3. The van der Waals surface area contributed by atoms with E-state index in [1.54, 1.807) is 32.2 Å². The van der Waals surface area contributed by atoms with Crippen molar-refractivity contribution in [2.24, 2.45) is 5.73 Å². The van der Waals surface area contributed by atoms with Gasteiger partial charge in [-0.25, -0.2) is 8.42 Å². The summed E-state index contributed by atoms with van der Waals surface area (Å²) in [6.07, 6.45) is 0.634. The lowest BCUT2D eigenvalue weighted by molar-refractivity contribution is 0.178. The van der Waals surface area contributed by atoms with Crippen LogP contribution < -0.4 is 5.73 Å². The van der Waals surface area contributed by atoms with E-state index in [2.05, 4.69) is 0 Å². The van der Waals surface area contributed by atoms with E-state index in [0.29, 0.717) is 37.6 Å². The van der Waals surface area contributed by atoms with Crippen LogP contribution in [0.4, 0.5) is 0 Å². The highest BCUT2D eigenvalue weighted by atomic mass is 32.2. The van der Waals surface area contributed by atoms with Crippen LogP contribution in [-0.2, 0) is 14.8 Å². The maximum absolute atomic E-state index is 12.6. The largest absolute Gasteiger partial charge is 0.383 e. The summed E-state index contributed by atoms with van der Waals surface area (Å²) >= 11 is 0. The Kier molecular flexibility index (Phi) is 6.44. The minimum absolute atomic E-state index is 0.340. The van der Waals surface area contributed by atoms with Crippen LogP contribution in [0, 0.1) is 6.92 Å². The third kappa shape index (κ3) is 4.28. The maximum atomic E-state index is 12.6. The van der Waals surface area contributed by atoms with Crippen LogP contribution in [0.2, 0.25) is 0 Å². The molecule has 0 saturated heterocycles. The molecular weight excluding hydrogens is 264 g/mol. The zero-order valence-electron chi connectivity index (χ0n) is 11.5. The zero-order chi connectivity index (χ0) is 14.3. The van der Waals surface area contributed by atoms with Crippen LogP contribution in [0.5, 0.6) is 0 Å². The van der Waals surface area contributed by atoms with Gasteiger partial charge in [0.2, 0.25) is 10.0 Å². The quantitative estimate of drug-likeness (QED) is 0.773. The number of rotatable bonds is 8. The molecule has 0 aliphatic rings. The van der Waals surface area contributed by atoms with Crippen LogP contribution in [0.25, 0.3) is 0 Å². The molecule has 0 amide bonds. The molecule has 0 bridgehead atoms. The Morgan fingerprint density at radius 2 is 1.95 bits per heavy atom. The van der Waals surface area contributed by atoms with Gasteiger partial charge in [-0.2, -0.15) is 4.31 Å². The Bertz CT molecular complexity index is 480. The van der Waals surface area contributed by atoms with Crippen LogP contribution in [0.15, 0.2) is 29.2 Å². The third-order valence-corrected chi connectivity index (χ3v) is 4.93. The van der Waals surface area contributed by atoms with Crippen molar-refractivity contribution in [2.75, 3.05) is 33.4 Å². The maximum Gasteiger partial charge on any atom is 0.243 e. The van der Waals surface area contributed by atoms with E-state index in [1.807, 2.05) is 6.07 Å². The van der Waals surface area contributed by atoms with Crippen molar-refractivity contribution >= 4 is 10.0 Å². The molecule has 2 N–H and O–H groups in total. The summed E-state index contributed by atoms with van der Waals surface area (Å²) in [5.41, 5.74) is 6.21. The van der Waals surface area contributed by atoms with Crippen LogP contribution in [-0.4, -0.2) is 46.1 Å². The van der Waals surface area contributed by atoms with Crippen LogP contribution in [0.3, 0.4) is 0 Å². The summed E-state index contributed by atoms with van der Waals surface area (Å²) < 4.78 is 31.6. The van der Waals surface area contributed by atoms with Crippen molar-refractivity contribution in [2.45, 2.75) is 18.2 Å². The summed E-state index contributed by atoms with van der Waals surface area (Å²) in [6.45, 7) is 3.39. The first kappa shape index (κ1) is 16.1. The summed E-state index contributed by atoms with van der Waals surface area (Å²) in [5.74, 6) is 0. The van der Waals surface area contributed by atoms with Crippen molar-refractivity contribution in [1.82, 2.24) is 4.31 Å². The number of ether oxygens (including phenoxy) is 1. The van der Waals surface area contributed by atoms with Gasteiger partial charge in [0, 0.05) is 20.2 Å². The predicted molar refractivity (Wildman–Crippen MR) is 75.5 cm³/mol. The summed E-state index contributed by atoms with van der Waals surface area (Å²) in [4.78, 5) is 0.350. The van der Waals surface area contributed by atoms with Gasteiger partial charge in [0.1, 0.15) is 0 Å². The van der Waals surface area contributed by atoms with E-state index in [0.717, 1.165) is 5.56 Å². The van der Waals surface area contributed by atoms with Gasteiger partial charge in [0.25, 0.3) is 0 Å². The van der Waals surface area contributed by atoms with Gasteiger partial charge in [-0.1, -0.05) is 18.2 Å². The number of methoxy groups -OCH3 is 1. The number of aryl methyl sites for hydroxylation is 1. The van der Waals surface area contributed by atoms with Gasteiger partial charge < -0.3 is 10.5 Å². The highest BCUT2D eigenvalue weighted by molar-refractivity contribution is 7.89. The number of nitrogens with two attached hydrogens (primary N) is 1. The van der Waals surface area contributed by atoms with Gasteiger partial charge in [0.15, 0.2) is 0 Å². The fourth-order valence-corrected chi connectivity index (χ4v) is 3.49. The second kappa shape index (κ2) is 7.59. The van der Waals surface area contributed by atoms with E-state index >= 15 is 0 Å². The average Bonchev–Trinajstić information content (AvgIpc) is 2.39. The molecule has 0 radical (unpaired) electrons. The Balaban J connectivity index is 3.01. The Labute approximate surface area is 115 Å². The monoisotopic (exact) mass is 286 g/mol. The molecule has 1 rings (SSSR count). The molecule has 6 heteroatoms. The number of hydrogen-bond acceptors (Lipinski definition) is 4. The molecule has 0 heterocycles. The molecule has 108 valence electrons. The van der Waals surface area contributed by atoms with Gasteiger partial charge in [-0.05, 0) is 31.5 Å². The van der Waals surface area contributed by atoms with E-state index in [-0.39, 0.29) is 0 Å². The Hall–Kier alpha value is -0.950. The van der Waals surface area contributed by atoms with Crippen LogP contribution >= 0.6 is 0 Å². The molecule has 0 saturated carbocycles.